The highest BCUT2D eigenvalue weighted by Crippen LogP contribution is 2.38. The van der Waals surface area contributed by atoms with E-state index in [4.69, 9.17) is 4.74 Å². The number of hydrogen-bond donors (Lipinski definition) is 1. The Morgan fingerprint density at radius 2 is 1.88 bits per heavy atom. The van der Waals surface area contributed by atoms with E-state index in [9.17, 15) is 19.2 Å². The van der Waals surface area contributed by atoms with Crippen LogP contribution in [-0.2, 0) is 19.1 Å². The molecule has 144 valence electrons. The van der Waals surface area contributed by atoms with Crippen molar-refractivity contribution in [3.63, 3.8) is 0 Å². The summed E-state index contributed by atoms with van der Waals surface area (Å²) in [6, 6.07) is -0.471. The van der Waals surface area contributed by atoms with Crippen LogP contribution in [0.25, 0.3) is 0 Å². The topological polar surface area (TPSA) is 96.0 Å². The molecule has 0 bridgehead atoms. The summed E-state index contributed by atoms with van der Waals surface area (Å²) < 4.78 is 4.75. The molecular weight excluding hydrogens is 338 g/mol. The van der Waals surface area contributed by atoms with Crippen LogP contribution in [0.4, 0.5) is 4.79 Å². The Morgan fingerprint density at radius 1 is 1.19 bits per heavy atom. The van der Waals surface area contributed by atoms with E-state index < -0.39 is 11.6 Å². The smallest absolute Gasteiger partial charge is 0.325 e. The number of likely N-dealkylation sites (tertiary alicyclic amines) is 1. The lowest BCUT2D eigenvalue weighted by Crippen LogP contribution is -2.54. The van der Waals surface area contributed by atoms with Crippen LogP contribution in [0, 0.1) is 11.8 Å². The molecule has 1 saturated carbocycles. The molecular formula is C18H27N3O5. The van der Waals surface area contributed by atoms with Gasteiger partial charge in [0.15, 0.2) is 0 Å². The first kappa shape index (κ1) is 18.7. The number of imide groups is 1. The number of carbonyl (C=O) groups is 4. The maximum Gasteiger partial charge on any atom is 0.325 e. The Balaban J connectivity index is 1.60. The van der Waals surface area contributed by atoms with Gasteiger partial charge in [-0.1, -0.05) is 19.8 Å². The number of urea groups is 1. The number of esters is 1. The lowest BCUT2D eigenvalue weighted by Gasteiger charge is -2.37. The van der Waals surface area contributed by atoms with Crippen LogP contribution in [0.3, 0.4) is 0 Å². The first-order valence-electron chi connectivity index (χ1n) is 9.38. The van der Waals surface area contributed by atoms with Gasteiger partial charge >= 0.3 is 12.0 Å². The largest absolute Gasteiger partial charge is 0.469 e. The van der Waals surface area contributed by atoms with E-state index in [1.165, 1.54) is 7.11 Å². The molecule has 1 aliphatic carbocycles. The monoisotopic (exact) mass is 365 g/mol. The van der Waals surface area contributed by atoms with Crippen molar-refractivity contribution in [3.05, 3.63) is 0 Å². The van der Waals surface area contributed by atoms with Crippen LogP contribution in [0.1, 0.15) is 45.4 Å². The number of amides is 4. The molecule has 2 aliphatic heterocycles. The van der Waals surface area contributed by atoms with E-state index in [-0.39, 0.29) is 36.2 Å². The second-order valence-corrected chi connectivity index (χ2v) is 7.62. The third-order valence-electron chi connectivity index (χ3n) is 6.18. The van der Waals surface area contributed by atoms with Gasteiger partial charge in [0.1, 0.15) is 12.1 Å². The Labute approximate surface area is 153 Å². The molecule has 8 nitrogen and oxygen atoms in total. The molecule has 2 heterocycles. The van der Waals surface area contributed by atoms with Gasteiger partial charge in [0.2, 0.25) is 5.91 Å². The van der Waals surface area contributed by atoms with E-state index >= 15 is 0 Å². The summed E-state index contributed by atoms with van der Waals surface area (Å²) >= 11 is 0. The summed E-state index contributed by atoms with van der Waals surface area (Å²) in [5.74, 6) is -0.889. The highest BCUT2D eigenvalue weighted by Gasteiger charge is 2.55. The van der Waals surface area contributed by atoms with E-state index in [2.05, 4.69) is 5.32 Å². The molecule has 0 unspecified atom stereocenters. The molecule has 3 aliphatic rings. The Morgan fingerprint density at radius 3 is 2.50 bits per heavy atom. The Hall–Kier alpha value is -2.12. The standard InChI is InChI=1S/C18H27N3O5/c1-12-5-3-4-8-18(12)16(24)21(17(25)19-18)11-14(22)20-9-6-13(7-10-20)15(23)26-2/h12-13H,3-11H2,1-2H3,(H,19,25)/t12-,18+/m0/s1. The molecule has 0 aromatic heterocycles. The minimum absolute atomic E-state index is 0.0728. The van der Waals surface area contributed by atoms with Gasteiger partial charge in [-0.25, -0.2) is 4.79 Å². The first-order chi connectivity index (χ1) is 12.4. The predicted octanol–water partition coefficient (Wildman–Crippen LogP) is 0.899. The lowest BCUT2D eigenvalue weighted by atomic mass is 9.73. The number of methoxy groups -OCH3 is 1. The van der Waals surface area contributed by atoms with Crippen molar-refractivity contribution < 1.29 is 23.9 Å². The van der Waals surface area contributed by atoms with Crippen LogP contribution >= 0.6 is 0 Å². The zero-order valence-electron chi connectivity index (χ0n) is 15.5. The molecule has 2 saturated heterocycles. The predicted molar refractivity (Wildman–Crippen MR) is 91.9 cm³/mol. The summed E-state index contributed by atoms with van der Waals surface area (Å²) in [6.45, 7) is 2.62. The summed E-state index contributed by atoms with van der Waals surface area (Å²) in [7, 11) is 1.36. The van der Waals surface area contributed by atoms with Gasteiger partial charge in [-0.2, -0.15) is 0 Å². The molecule has 3 fully saturated rings. The quantitative estimate of drug-likeness (QED) is 0.592. The average molecular weight is 365 g/mol. The molecule has 4 amide bonds. The lowest BCUT2D eigenvalue weighted by molar-refractivity contribution is -0.149. The Bertz CT molecular complexity index is 614. The van der Waals surface area contributed by atoms with Gasteiger partial charge in [0.05, 0.1) is 13.0 Å². The van der Waals surface area contributed by atoms with Gasteiger partial charge in [-0.3, -0.25) is 19.3 Å². The van der Waals surface area contributed by atoms with Crippen LogP contribution in [0.15, 0.2) is 0 Å². The average Bonchev–Trinajstić information content (AvgIpc) is 2.88. The van der Waals surface area contributed by atoms with Crippen LogP contribution in [0.2, 0.25) is 0 Å². The molecule has 26 heavy (non-hydrogen) atoms. The summed E-state index contributed by atoms with van der Waals surface area (Å²) in [4.78, 5) is 52.1. The van der Waals surface area contributed by atoms with Gasteiger partial charge < -0.3 is 15.0 Å². The van der Waals surface area contributed by atoms with Crippen molar-refractivity contribution in [2.24, 2.45) is 11.8 Å². The van der Waals surface area contributed by atoms with Crippen molar-refractivity contribution in [1.82, 2.24) is 15.1 Å². The number of nitrogens with zero attached hydrogens (tertiary/aromatic N) is 2. The van der Waals surface area contributed by atoms with Crippen molar-refractivity contribution in [1.29, 1.82) is 0 Å². The van der Waals surface area contributed by atoms with Crippen LogP contribution in [-0.4, -0.2) is 65.9 Å². The molecule has 0 radical (unpaired) electrons. The summed E-state index contributed by atoms with van der Waals surface area (Å²) in [6.07, 6.45) is 4.57. The van der Waals surface area contributed by atoms with Crippen LogP contribution in [0.5, 0.6) is 0 Å². The first-order valence-corrected chi connectivity index (χ1v) is 9.38. The van der Waals surface area contributed by atoms with Gasteiger partial charge in [0, 0.05) is 13.1 Å². The number of hydrogen-bond acceptors (Lipinski definition) is 5. The molecule has 1 spiro atoms. The summed E-state index contributed by atoms with van der Waals surface area (Å²) in [5, 5.41) is 2.86. The molecule has 2 atom stereocenters. The van der Waals surface area contributed by atoms with E-state index in [0.717, 1.165) is 24.2 Å². The fourth-order valence-electron chi connectivity index (χ4n) is 4.41. The zero-order chi connectivity index (χ0) is 18.9. The third kappa shape index (κ3) is 3.17. The van der Waals surface area contributed by atoms with Crippen molar-refractivity contribution in [2.45, 2.75) is 51.0 Å². The number of rotatable bonds is 3. The normalized spacial score (nSPS) is 29.8. The third-order valence-corrected chi connectivity index (χ3v) is 6.18. The summed E-state index contributed by atoms with van der Waals surface area (Å²) in [5.41, 5.74) is -0.840. The fraction of sp³-hybridized carbons (Fsp3) is 0.778. The van der Waals surface area contributed by atoms with Crippen LogP contribution < -0.4 is 5.32 Å². The second kappa shape index (κ2) is 7.25. The minimum atomic E-state index is -0.840. The van der Waals surface area contributed by atoms with E-state index in [0.29, 0.717) is 32.4 Å². The Kier molecular flexibility index (Phi) is 5.20. The fourth-order valence-corrected chi connectivity index (χ4v) is 4.41. The second-order valence-electron chi connectivity index (χ2n) is 7.62. The van der Waals surface area contributed by atoms with Gasteiger partial charge in [0.25, 0.3) is 5.91 Å². The highest BCUT2D eigenvalue weighted by molar-refractivity contribution is 6.09. The molecule has 1 N–H and O–H groups in total. The van der Waals surface area contributed by atoms with Gasteiger partial charge in [-0.15, -0.1) is 0 Å². The maximum absolute atomic E-state index is 12.9. The molecule has 3 rings (SSSR count). The SMILES string of the molecule is COC(=O)C1CCN(C(=O)CN2C(=O)N[C@@]3(CCCC[C@@H]3C)C2=O)CC1. The number of nitrogens with one attached hydrogen (secondary N) is 1. The minimum Gasteiger partial charge on any atom is -0.469 e. The number of piperidine rings is 1. The maximum atomic E-state index is 12.9. The number of ether oxygens (including phenoxy) is 1. The molecule has 0 aromatic rings. The molecule has 0 aromatic carbocycles. The highest BCUT2D eigenvalue weighted by atomic mass is 16.5. The molecule has 8 heteroatoms. The zero-order valence-corrected chi connectivity index (χ0v) is 15.5. The van der Waals surface area contributed by atoms with Crippen molar-refractivity contribution in [3.8, 4) is 0 Å². The number of carbonyl (C=O) groups excluding carboxylic acids is 4. The van der Waals surface area contributed by atoms with Gasteiger partial charge in [-0.05, 0) is 31.6 Å². The van der Waals surface area contributed by atoms with Crippen molar-refractivity contribution >= 4 is 23.8 Å². The van der Waals surface area contributed by atoms with E-state index in [1.807, 2.05) is 6.92 Å². The van der Waals surface area contributed by atoms with E-state index in [1.54, 1.807) is 4.90 Å². The van der Waals surface area contributed by atoms with Crippen molar-refractivity contribution in [2.75, 3.05) is 26.7 Å².